The Morgan fingerprint density at radius 3 is 3.30 bits per heavy atom. The molecule has 0 saturated heterocycles. The summed E-state index contributed by atoms with van der Waals surface area (Å²) in [5, 5.41) is 0. The standard InChI is InChI=1S/C8H10N2/c9-7-3-4-8-6(7)2-1-5-10-8/h1-2,5,7H,3-4,9H2/t7-/m1/s1. The zero-order chi connectivity index (χ0) is 6.97. The van der Waals surface area contributed by atoms with Crippen LogP contribution in [0.15, 0.2) is 18.3 Å². The molecule has 1 aromatic heterocycles. The van der Waals surface area contributed by atoms with Crippen LogP contribution in [-0.2, 0) is 6.42 Å². The molecule has 2 rings (SSSR count). The van der Waals surface area contributed by atoms with Gasteiger partial charge in [0.2, 0.25) is 0 Å². The van der Waals surface area contributed by atoms with Gasteiger partial charge in [0, 0.05) is 17.9 Å². The molecule has 1 aliphatic carbocycles. The summed E-state index contributed by atoms with van der Waals surface area (Å²) in [5.41, 5.74) is 8.23. The summed E-state index contributed by atoms with van der Waals surface area (Å²) in [6.07, 6.45) is 3.94. The number of hydrogen-bond donors (Lipinski definition) is 1. The maximum absolute atomic E-state index is 5.81. The summed E-state index contributed by atoms with van der Waals surface area (Å²) < 4.78 is 0. The maximum Gasteiger partial charge on any atom is 0.0451 e. The van der Waals surface area contributed by atoms with Crippen LogP contribution in [0.1, 0.15) is 23.7 Å². The van der Waals surface area contributed by atoms with Gasteiger partial charge in [-0.15, -0.1) is 0 Å². The monoisotopic (exact) mass is 134 g/mol. The molecule has 1 aliphatic rings. The van der Waals surface area contributed by atoms with E-state index >= 15 is 0 Å². The largest absolute Gasteiger partial charge is 0.324 e. The van der Waals surface area contributed by atoms with Crippen LogP contribution in [0.25, 0.3) is 0 Å². The highest BCUT2D eigenvalue weighted by molar-refractivity contribution is 5.27. The lowest BCUT2D eigenvalue weighted by molar-refractivity contribution is 0.712. The fourth-order valence-electron chi connectivity index (χ4n) is 1.44. The molecule has 0 fully saturated rings. The third-order valence-corrected chi connectivity index (χ3v) is 2.02. The van der Waals surface area contributed by atoms with Gasteiger partial charge in [-0.3, -0.25) is 4.98 Å². The fourth-order valence-corrected chi connectivity index (χ4v) is 1.44. The molecule has 0 spiro atoms. The van der Waals surface area contributed by atoms with E-state index in [9.17, 15) is 0 Å². The van der Waals surface area contributed by atoms with Crippen molar-refractivity contribution in [2.24, 2.45) is 5.73 Å². The lowest BCUT2D eigenvalue weighted by Gasteiger charge is -2.00. The molecule has 1 aromatic rings. The Morgan fingerprint density at radius 2 is 2.50 bits per heavy atom. The Bertz CT molecular complexity index is 245. The average molecular weight is 134 g/mol. The predicted molar refractivity (Wildman–Crippen MR) is 39.5 cm³/mol. The van der Waals surface area contributed by atoms with Gasteiger partial charge in [-0.1, -0.05) is 6.07 Å². The number of nitrogens with zero attached hydrogens (tertiary/aromatic N) is 1. The zero-order valence-electron chi connectivity index (χ0n) is 5.75. The van der Waals surface area contributed by atoms with Crippen molar-refractivity contribution in [2.75, 3.05) is 0 Å². The molecular formula is C8H10N2. The number of aromatic nitrogens is 1. The van der Waals surface area contributed by atoms with E-state index in [4.69, 9.17) is 5.73 Å². The van der Waals surface area contributed by atoms with Crippen molar-refractivity contribution in [3.63, 3.8) is 0 Å². The first-order valence-corrected chi connectivity index (χ1v) is 3.57. The van der Waals surface area contributed by atoms with Crippen molar-refractivity contribution in [3.05, 3.63) is 29.6 Å². The molecular weight excluding hydrogens is 124 g/mol. The van der Waals surface area contributed by atoms with E-state index in [2.05, 4.69) is 11.1 Å². The lowest BCUT2D eigenvalue weighted by Crippen LogP contribution is -2.04. The molecule has 0 radical (unpaired) electrons. The van der Waals surface area contributed by atoms with Crippen LogP contribution < -0.4 is 5.73 Å². The molecule has 0 saturated carbocycles. The number of hydrogen-bond acceptors (Lipinski definition) is 2. The first-order chi connectivity index (χ1) is 4.88. The molecule has 2 N–H and O–H groups in total. The Balaban J connectivity index is 2.51. The minimum absolute atomic E-state index is 0.240. The van der Waals surface area contributed by atoms with Crippen molar-refractivity contribution in [1.29, 1.82) is 0 Å². The van der Waals surface area contributed by atoms with Crippen molar-refractivity contribution in [3.8, 4) is 0 Å². The second-order valence-electron chi connectivity index (χ2n) is 2.68. The predicted octanol–water partition coefficient (Wildman–Crippen LogP) is 1.03. The van der Waals surface area contributed by atoms with Gasteiger partial charge in [0.15, 0.2) is 0 Å². The van der Waals surface area contributed by atoms with E-state index in [-0.39, 0.29) is 6.04 Å². The van der Waals surface area contributed by atoms with Crippen molar-refractivity contribution < 1.29 is 0 Å². The van der Waals surface area contributed by atoms with Crippen LogP contribution >= 0.6 is 0 Å². The minimum atomic E-state index is 0.240. The van der Waals surface area contributed by atoms with Gasteiger partial charge in [-0.2, -0.15) is 0 Å². The lowest BCUT2D eigenvalue weighted by atomic mass is 10.2. The van der Waals surface area contributed by atoms with E-state index < -0.39 is 0 Å². The quantitative estimate of drug-likeness (QED) is 0.575. The molecule has 2 heteroatoms. The summed E-state index contributed by atoms with van der Waals surface area (Å²) >= 11 is 0. The molecule has 0 amide bonds. The topological polar surface area (TPSA) is 38.9 Å². The zero-order valence-corrected chi connectivity index (χ0v) is 5.75. The van der Waals surface area contributed by atoms with Crippen LogP contribution in [0.5, 0.6) is 0 Å². The Labute approximate surface area is 60.1 Å². The van der Waals surface area contributed by atoms with Crippen LogP contribution in [0.3, 0.4) is 0 Å². The van der Waals surface area contributed by atoms with E-state index in [1.165, 1.54) is 11.3 Å². The Morgan fingerprint density at radius 1 is 1.60 bits per heavy atom. The van der Waals surface area contributed by atoms with Gasteiger partial charge in [0.25, 0.3) is 0 Å². The third-order valence-electron chi connectivity index (χ3n) is 2.02. The number of fused-ring (bicyclic) bond motifs is 1. The Hall–Kier alpha value is -0.890. The number of aryl methyl sites for hydroxylation is 1. The van der Waals surface area contributed by atoms with Gasteiger partial charge < -0.3 is 5.73 Å². The average Bonchev–Trinajstić information content (AvgIpc) is 2.34. The molecule has 1 heterocycles. The van der Waals surface area contributed by atoms with Gasteiger partial charge in [0.1, 0.15) is 0 Å². The van der Waals surface area contributed by atoms with Gasteiger partial charge in [-0.25, -0.2) is 0 Å². The van der Waals surface area contributed by atoms with Crippen LogP contribution in [0.4, 0.5) is 0 Å². The van der Waals surface area contributed by atoms with E-state index in [1.807, 2.05) is 12.3 Å². The van der Waals surface area contributed by atoms with Crippen molar-refractivity contribution in [2.45, 2.75) is 18.9 Å². The summed E-state index contributed by atoms with van der Waals surface area (Å²) in [4.78, 5) is 4.23. The summed E-state index contributed by atoms with van der Waals surface area (Å²) in [6, 6.07) is 4.26. The van der Waals surface area contributed by atoms with Crippen LogP contribution in [-0.4, -0.2) is 4.98 Å². The smallest absolute Gasteiger partial charge is 0.0451 e. The second kappa shape index (κ2) is 2.06. The van der Waals surface area contributed by atoms with Crippen LogP contribution in [0, 0.1) is 0 Å². The minimum Gasteiger partial charge on any atom is -0.324 e. The van der Waals surface area contributed by atoms with Gasteiger partial charge in [0.05, 0.1) is 0 Å². The summed E-state index contributed by atoms with van der Waals surface area (Å²) in [5.74, 6) is 0. The number of pyridine rings is 1. The SMILES string of the molecule is N[C@@H]1CCc2ncccc21. The summed E-state index contributed by atoms with van der Waals surface area (Å²) in [7, 11) is 0. The fraction of sp³-hybridized carbons (Fsp3) is 0.375. The molecule has 0 unspecified atom stereocenters. The summed E-state index contributed by atoms with van der Waals surface area (Å²) in [6.45, 7) is 0. The van der Waals surface area contributed by atoms with E-state index in [1.54, 1.807) is 0 Å². The first kappa shape index (κ1) is 5.86. The van der Waals surface area contributed by atoms with E-state index in [0.717, 1.165) is 12.8 Å². The maximum atomic E-state index is 5.81. The highest BCUT2D eigenvalue weighted by Crippen LogP contribution is 2.26. The molecule has 0 aliphatic heterocycles. The molecule has 52 valence electrons. The van der Waals surface area contributed by atoms with Gasteiger partial charge in [-0.05, 0) is 24.5 Å². The van der Waals surface area contributed by atoms with Crippen molar-refractivity contribution in [1.82, 2.24) is 4.98 Å². The van der Waals surface area contributed by atoms with Gasteiger partial charge >= 0.3 is 0 Å². The van der Waals surface area contributed by atoms with E-state index in [0.29, 0.717) is 0 Å². The second-order valence-corrected chi connectivity index (χ2v) is 2.68. The number of nitrogens with two attached hydrogens (primary N) is 1. The molecule has 1 atom stereocenters. The normalized spacial score (nSPS) is 22.7. The first-order valence-electron chi connectivity index (χ1n) is 3.57. The highest BCUT2D eigenvalue weighted by atomic mass is 14.7. The molecule has 2 nitrogen and oxygen atoms in total. The number of rotatable bonds is 0. The molecule has 10 heavy (non-hydrogen) atoms. The molecule has 0 bridgehead atoms. The van der Waals surface area contributed by atoms with Crippen molar-refractivity contribution >= 4 is 0 Å². The highest BCUT2D eigenvalue weighted by Gasteiger charge is 2.18. The molecule has 0 aromatic carbocycles. The van der Waals surface area contributed by atoms with Crippen LogP contribution in [0.2, 0.25) is 0 Å². The Kier molecular flexibility index (Phi) is 1.21. The third kappa shape index (κ3) is 0.727.